The minimum Gasteiger partial charge on any atom is -0.508 e. The van der Waals surface area contributed by atoms with E-state index in [1.807, 2.05) is 13.0 Å². The number of phenolic OH excluding ortho intramolecular Hbond substituents is 1. The van der Waals surface area contributed by atoms with E-state index in [4.69, 9.17) is 9.47 Å². The quantitative estimate of drug-likeness (QED) is 0.383. The molecule has 0 saturated carbocycles. The van der Waals surface area contributed by atoms with Gasteiger partial charge in [-0.25, -0.2) is 0 Å². The maximum absolute atomic E-state index is 12.4. The van der Waals surface area contributed by atoms with Crippen LogP contribution < -0.4 is 14.8 Å². The molecule has 2 aromatic rings. The van der Waals surface area contributed by atoms with Crippen molar-refractivity contribution >= 4 is 33.6 Å². The molecule has 0 spiro atoms. The Morgan fingerprint density at radius 3 is 2.59 bits per heavy atom. The van der Waals surface area contributed by atoms with Gasteiger partial charge in [-0.2, -0.15) is 5.26 Å². The van der Waals surface area contributed by atoms with Crippen LogP contribution in [0.5, 0.6) is 17.2 Å². The third-order valence-corrected chi connectivity index (χ3v) is 4.22. The van der Waals surface area contributed by atoms with Gasteiger partial charge in [0.1, 0.15) is 17.4 Å². The van der Waals surface area contributed by atoms with Crippen LogP contribution in [0.2, 0.25) is 0 Å². The predicted molar refractivity (Wildman–Crippen MR) is 107 cm³/mol. The molecule has 0 radical (unpaired) electrons. The number of nitrogens with zero attached hydrogens (tertiary/aromatic N) is 1. The van der Waals surface area contributed by atoms with Gasteiger partial charge in [0.05, 0.1) is 13.7 Å². The van der Waals surface area contributed by atoms with Gasteiger partial charge in [0.15, 0.2) is 11.5 Å². The molecule has 0 fully saturated rings. The normalized spacial score (nSPS) is 10.8. The molecule has 0 heterocycles. The largest absolute Gasteiger partial charge is 0.508 e. The first-order chi connectivity index (χ1) is 13.0. The number of anilines is 1. The smallest absolute Gasteiger partial charge is 0.266 e. The Morgan fingerprint density at radius 2 is 2.00 bits per heavy atom. The van der Waals surface area contributed by atoms with Crippen LogP contribution >= 0.6 is 15.9 Å². The van der Waals surface area contributed by atoms with Crippen LogP contribution in [0.1, 0.15) is 18.9 Å². The lowest BCUT2D eigenvalue weighted by atomic mass is 10.1. The zero-order valence-corrected chi connectivity index (χ0v) is 16.5. The molecule has 27 heavy (non-hydrogen) atoms. The number of hydrogen-bond donors (Lipinski definition) is 2. The molecule has 0 saturated heterocycles. The van der Waals surface area contributed by atoms with Crippen molar-refractivity contribution in [2.24, 2.45) is 0 Å². The summed E-state index contributed by atoms with van der Waals surface area (Å²) >= 11 is 3.43. The lowest BCUT2D eigenvalue weighted by molar-refractivity contribution is -0.112. The van der Waals surface area contributed by atoms with E-state index in [0.717, 1.165) is 6.42 Å². The second kappa shape index (κ2) is 9.64. The Balaban J connectivity index is 2.29. The summed E-state index contributed by atoms with van der Waals surface area (Å²) in [5.41, 5.74) is 1.00. The highest BCUT2D eigenvalue weighted by Gasteiger charge is 2.14. The van der Waals surface area contributed by atoms with Gasteiger partial charge in [0.2, 0.25) is 0 Å². The minimum absolute atomic E-state index is 0.0759. The molecule has 0 unspecified atom stereocenters. The molecule has 0 atom stereocenters. The first-order valence-electron chi connectivity index (χ1n) is 8.21. The van der Waals surface area contributed by atoms with Crippen LogP contribution in [-0.2, 0) is 4.79 Å². The molecule has 6 nitrogen and oxygen atoms in total. The number of aromatic hydroxyl groups is 1. The second-order valence-electron chi connectivity index (χ2n) is 5.54. The molecule has 0 bridgehead atoms. The van der Waals surface area contributed by atoms with Crippen molar-refractivity contribution in [1.29, 1.82) is 5.26 Å². The molecule has 0 aromatic heterocycles. The van der Waals surface area contributed by atoms with Crippen molar-refractivity contribution in [2.75, 3.05) is 19.0 Å². The topological polar surface area (TPSA) is 91.6 Å². The summed E-state index contributed by atoms with van der Waals surface area (Å²) in [6.45, 7) is 2.56. The third kappa shape index (κ3) is 5.50. The Bertz CT molecular complexity index is 886. The number of methoxy groups -OCH3 is 1. The summed E-state index contributed by atoms with van der Waals surface area (Å²) in [6, 6.07) is 11.3. The maximum Gasteiger partial charge on any atom is 0.266 e. The van der Waals surface area contributed by atoms with E-state index < -0.39 is 5.91 Å². The van der Waals surface area contributed by atoms with E-state index in [-0.39, 0.29) is 11.3 Å². The number of benzene rings is 2. The van der Waals surface area contributed by atoms with Gasteiger partial charge in [-0.05, 0) is 54.5 Å². The number of ether oxygens (including phenoxy) is 2. The molecular weight excluding hydrogens is 412 g/mol. The van der Waals surface area contributed by atoms with Crippen LogP contribution in [0.3, 0.4) is 0 Å². The molecule has 140 valence electrons. The standard InChI is InChI=1S/C20H19BrN2O4/c1-3-8-27-19-11-17(21)13(10-18(19)26-2)9-14(12-22)20(25)23-15-4-6-16(24)7-5-15/h4-7,9-11,24H,3,8H2,1-2H3,(H,23,25)/b14-9+. The average Bonchev–Trinajstić information content (AvgIpc) is 2.67. The summed E-state index contributed by atoms with van der Waals surface area (Å²) in [5, 5.41) is 21.3. The SMILES string of the molecule is CCCOc1cc(Br)c(/C=C(\C#N)C(=O)Nc2ccc(O)cc2)cc1OC. The molecular formula is C20H19BrN2O4. The van der Waals surface area contributed by atoms with E-state index >= 15 is 0 Å². The first kappa shape index (κ1) is 20.3. The Kier molecular flexibility index (Phi) is 7.26. The highest BCUT2D eigenvalue weighted by atomic mass is 79.9. The Labute approximate surface area is 166 Å². The average molecular weight is 431 g/mol. The number of carbonyl (C=O) groups is 1. The van der Waals surface area contributed by atoms with Gasteiger partial charge in [-0.15, -0.1) is 0 Å². The molecule has 0 aliphatic rings. The number of nitrogens with one attached hydrogen (secondary N) is 1. The van der Waals surface area contributed by atoms with Crippen LogP contribution in [0.4, 0.5) is 5.69 Å². The fraction of sp³-hybridized carbons (Fsp3) is 0.200. The molecule has 7 heteroatoms. The number of halogens is 1. The summed E-state index contributed by atoms with van der Waals surface area (Å²) in [7, 11) is 1.53. The summed E-state index contributed by atoms with van der Waals surface area (Å²) in [5.74, 6) is 0.621. The molecule has 2 N–H and O–H groups in total. The number of rotatable bonds is 7. The second-order valence-corrected chi connectivity index (χ2v) is 6.40. The van der Waals surface area contributed by atoms with Crippen molar-refractivity contribution in [2.45, 2.75) is 13.3 Å². The van der Waals surface area contributed by atoms with Crippen molar-refractivity contribution < 1.29 is 19.4 Å². The molecule has 2 aromatic carbocycles. The first-order valence-corrected chi connectivity index (χ1v) is 9.00. The summed E-state index contributed by atoms with van der Waals surface area (Å²) in [6.07, 6.45) is 2.32. The Hall–Kier alpha value is -2.98. The third-order valence-electron chi connectivity index (χ3n) is 3.53. The molecule has 1 amide bonds. The summed E-state index contributed by atoms with van der Waals surface area (Å²) < 4.78 is 11.6. The fourth-order valence-corrected chi connectivity index (χ4v) is 2.63. The Morgan fingerprint density at radius 1 is 1.30 bits per heavy atom. The number of carbonyl (C=O) groups excluding carboxylic acids is 1. The zero-order chi connectivity index (χ0) is 19.8. The van der Waals surface area contributed by atoms with E-state index in [2.05, 4.69) is 21.2 Å². The van der Waals surface area contributed by atoms with E-state index in [9.17, 15) is 15.2 Å². The number of nitriles is 1. The fourth-order valence-electron chi connectivity index (χ4n) is 2.19. The van der Waals surface area contributed by atoms with Crippen LogP contribution in [0.15, 0.2) is 46.4 Å². The predicted octanol–water partition coefficient (Wildman–Crippen LogP) is 4.50. The van der Waals surface area contributed by atoms with Gasteiger partial charge in [0.25, 0.3) is 5.91 Å². The number of amides is 1. The highest BCUT2D eigenvalue weighted by molar-refractivity contribution is 9.10. The number of phenols is 1. The zero-order valence-electron chi connectivity index (χ0n) is 15.0. The van der Waals surface area contributed by atoms with Crippen LogP contribution in [0.25, 0.3) is 6.08 Å². The van der Waals surface area contributed by atoms with Crippen LogP contribution in [0, 0.1) is 11.3 Å². The lowest BCUT2D eigenvalue weighted by Crippen LogP contribution is -2.13. The van der Waals surface area contributed by atoms with E-state index in [0.29, 0.717) is 33.8 Å². The minimum atomic E-state index is -0.555. The molecule has 2 rings (SSSR count). The van der Waals surface area contributed by atoms with E-state index in [1.54, 1.807) is 24.3 Å². The van der Waals surface area contributed by atoms with Crippen molar-refractivity contribution in [1.82, 2.24) is 0 Å². The van der Waals surface area contributed by atoms with Crippen molar-refractivity contribution in [3.63, 3.8) is 0 Å². The van der Waals surface area contributed by atoms with Gasteiger partial charge in [-0.3, -0.25) is 4.79 Å². The number of hydrogen-bond acceptors (Lipinski definition) is 5. The van der Waals surface area contributed by atoms with Crippen LogP contribution in [-0.4, -0.2) is 24.7 Å². The van der Waals surface area contributed by atoms with E-state index in [1.165, 1.54) is 25.3 Å². The monoisotopic (exact) mass is 430 g/mol. The van der Waals surface area contributed by atoms with Crippen molar-refractivity contribution in [3.05, 3.63) is 52.0 Å². The molecule has 0 aliphatic heterocycles. The van der Waals surface area contributed by atoms with Gasteiger partial charge >= 0.3 is 0 Å². The van der Waals surface area contributed by atoms with Gasteiger partial charge in [-0.1, -0.05) is 22.9 Å². The summed E-state index contributed by atoms with van der Waals surface area (Å²) in [4.78, 5) is 12.4. The van der Waals surface area contributed by atoms with Crippen molar-refractivity contribution in [3.8, 4) is 23.3 Å². The van der Waals surface area contributed by atoms with Gasteiger partial charge in [0, 0.05) is 10.2 Å². The lowest BCUT2D eigenvalue weighted by Gasteiger charge is -2.12. The highest BCUT2D eigenvalue weighted by Crippen LogP contribution is 2.34. The van der Waals surface area contributed by atoms with Gasteiger partial charge < -0.3 is 19.9 Å². The maximum atomic E-state index is 12.4. The molecule has 0 aliphatic carbocycles.